The zero-order chi connectivity index (χ0) is 15.2. The van der Waals surface area contributed by atoms with Gasteiger partial charge in [0.05, 0.1) is 18.7 Å². The maximum atomic E-state index is 12.1. The maximum absolute atomic E-state index is 12.1. The Bertz CT molecular complexity index is 454. The van der Waals surface area contributed by atoms with Gasteiger partial charge in [-0.25, -0.2) is 4.79 Å². The summed E-state index contributed by atoms with van der Waals surface area (Å²) in [5.74, 6) is -0.959. The normalized spacial score (nSPS) is 10.9. The average molecular weight is 280 g/mol. The number of carbonyl (C=O) groups is 2. The summed E-state index contributed by atoms with van der Waals surface area (Å²) in [6.45, 7) is 5.60. The SMILES string of the molecule is CC(C)(C)OC(=O)N(CCC(=O)O)Cc1ccccn1. The van der Waals surface area contributed by atoms with Crippen molar-refractivity contribution >= 4 is 12.1 Å². The molecule has 1 aromatic heterocycles. The Kier molecular flexibility index (Phi) is 5.49. The summed E-state index contributed by atoms with van der Waals surface area (Å²) in [5.41, 5.74) is 0.0617. The maximum Gasteiger partial charge on any atom is 0.410 e. The average Bonchev–Trinajstić information content (AvgIpc) is 2.33. The van der Waals surface area contributed by atoms with E-state index >= 15 is 0 Å². The van der Waals surface area contributed by atoms with E-state index in [9.17, 15) is 9.59 Å². The van der Waals surface area contributed by atoms with Crippen LogP contribution in [0.15, 0.2) is 24.4 Å². The van der Waals surface area contributed by atoms with Crippen LogP contribution in [0.1, 0.15) is 32.9 Å². The monoisotopic (exact) mass is 280 g/mol. The molecular formula is C14H20N2O4. The number of aromatic nitrogens is 1. The smallest absolute Gasteiger partial charge is 0.410 e. The van der Waals surface area contributed by atoms with Crippen LogP contribution in [-0.4, -0.2) is 39.2 Å². The van der Waals surface area contributed by atoms with Crippen molar-refractivity contribution < 1.29 is 19.4 Å². The lowest BCUT2D eigenvalue weighted by Gasteiger charge is -2.26. The molecule has 0 aliphatic rings. The summed E-state index contributed by atoms with van der Waals surface area (Å²) in [6.07, 6.45) is 0.954. The van der Waals surface area contributed by atoms with Crippen molar-refractivity contribution in [2.75, 3.05) is 6.54 Å². The van der Waals surface area contributed by atoms with Gasteiger partial charge in [-0.05, 0) is 32.9 Å². The number of carboxylic acids is 1. The highest BCUT2D eigenvalue weighted by Crippen LogP contribution is 2.12. The van der Waals surface area contributed by atoms with Crippen LogP contribution in [0.2, 0.25) is 0 Å². The molecule has 0 unspecified atom stereocenters. The van der Waals surface area contributed by atoms with Crippen molar-refractivity contribution in [3.8, 4) is 0 Å². The first-order valence-electron chi connectivity index (χ1n) is 6.37. The molecule has 0 bridgehead atoms. The van der Waals surface area contributed by atoms with Gasteiger partial charge in [0, 0.05) is 12.7 Å². The van der Waals surface area contributed by atoms with Gasteiger partial charge < -0.3 is 14.7 Å². The van der Waals surface area contributed by atoms with E-state index in [4.69, 9.17) is 9.84 Å². The van der Waals surface area contributed by atoms with Crippen molar-refractivity contribution in [1.82, 2.24) is 9.88 Å². The fourth-order valence-corrected chi connectivity index (χ4v) is 1.48. The molecule has 0 fully saturated rings. The van der Waals surface area contributed by atoms with E-state index in [2.05, 4.69) is 4.98 Å². The molecule has 1 heterocycles. The van der Waals surface area contributed by atoms with Crippen LogP contribution in [0.25, 0.3) is 0 Å². The van der Waals surface area contributed by atoms with Gasteiger partial charge in [0.25, 0.3) is 0 Å². The predicted molar refractivity (Wildman–Crippen MR) is 73.1 cm³/mol. The third kappa shape index (κ3) is 6.17. The number of hydrogen-bond acceptors (Lipinski definition) is 4. The minimum absolute atomic E-state index is 0.0841. The second-order valence-corrected chi connectivity index (χ2v) is 5.37. The van der Waals surface area contributed by atoms with Gasteiger partial charge >= 0.3 is 12.1 Å². The summed E-state index contributed by atoms with van der Waals surface area (Å²) in [7, 11) is 0. The summed E-state index contributed by atoms with van der Waals surface area (Å²) in [5, 5.41) is 8.75. The number of carboxylic acid groups (broad SMARTS) is 1. The van der Waals surface area contributed by atoms with Crippen molar-refractivity contribution in [1.29, 1.82) is 0 Å². The largest absolute Gasteiger partial charge is 0.481 e. The standard InChI is InChI=1S/C14H20N2O4/c1-14(2,3)20-13(19)16(9-7-12(17)18)10-11-6-4-5-8-15-11/h4-6,8H,7,9-10H2,1-3H3,(H,17,18). The van der Waals surface area contributed by atoms with E-state index < -0.39 is 17.7 Å². The van der Waals surface area contributed by atoms with E-state index in [1.54, 1.807) is 39.1 Å². The molecule has 0 aromatic carbocycles. The summed E-state index contributed by atoms with van der Waals surface area (Å²) < 4.78 is 5.27. The van der Waals surface area contributed by atoms with Gasteiger partial charge in [-0.1, -0.05) is 6.07 Å². The van der Waals surface area contributed by atoms with E-state index in [-0.39, 0.29) is 19.5 Å². The van der Waals surface area contributed by atoms with Crippen molar-refractivity contribution in [3.05, 3.63) is 30.1 Å². The van der Waals surface area contributed by atoms with Crippen LogP contribution in [0, 0.1) is 0 Å². The second-order valence-electron chi connectivity index (χ2n) is 5.37. The molecule has 1 N–H and O–H groups in total. The summed E-state index contributed by atoms with van der Waals surface area (Å²) in [6, 6.07) is 5.36. The Hall–Kier alpha value is -2.11. The van der Waals surface area contributed by atoms with Gasteiger partial charge in [0.15, 0.2) is 0 Å². The molecule has 0 aliphatic carbocycles. The molecule has 0 saturated heterocycles. The Balaban J connectivity index is 2.74. The van der Waals surface area contributed by atoms with Crippen LogP contribution in [-0.2, 0) is 16.1 Å². The lowest BCUT2D eigenvalue weighted by Crippen LogP contribution is -2.37. The molecular weight excluding hydrogens is 260 g/mol. The summed E-state index contributed by atoms with van der Waals surface area (Å²) >= 11 is 0. The first-order valence-corrected chi connectivity index (χ1v) is 6.37. The minimum atomic E-state index is -0.959. The number of amides is 1. The Morgan fingerprint density at radius 1 is 1.35 bits per heavy atom. The fraction of sp³-hybridized carbons (Fsp3) is 0.500. The molecule has 110 valence electrons. The van der Waals surface area contributed by atoms with Crippen LogP contribution >= 0.6 is 0 Å². The van der Waals surface area contributed by atoms with Gasteiger partial charge in [-0.15, -0.1) is 0 Å². The van der Waals surface area contributed by atoms with E-state index in [1.165, 1.54) is 4.90 Å². The number of rotatable bonds is 5. The van der Waals surface area contributed by atoms with Crippen LogP contribution < -0.4 is 0 Å². The lowest BCUT2D eigenvalue weighted by molar-refractivity contribution is -0.137. The van der Waals surface area contributed by atoms with Gasteiger partial charge in [-0.2, -0.15) is 0 Å². The second kappa shape index (κ2) is 6.88. The highest BCUT2D eigenvalue weighted by molar-refractivity contribution is 5.70. The number of carbonyl (C=O) groups excluding carboxylic acids is 1. The number of hydrogen-bond donors (Lipinski definition) is 1. The molecule has 20 heavy (non-hydrogen) atoms. The molecule has 1 aromatic rings. The quantitative estimate of drug-likeness (QED) is 0.895. The Labute approximate surface area is 118 Å². The molecule has 0 aliphatic heterocycles. The lowest BCUT2D eigenvalue weighted by atomic mass is 10.2. The van der Waals surface area contributed by atoms with Gasteiger partial charge in [0.1, 0.15) is 5.60 Å². The Morgan fingerprint density at radius 2 is 2.05 bits per heavy atom. The van der Waals surface area contributed by atoms with Gasteiger partial charge in [0.2, 0.25) is 0 Å². The molecule has 0 spiro atoms. The Morgan fingerprint density at radius 3 is 2.55 bits per heavy atom. The topological polar surface area (TPSA) is 79.7 Å². The van der Waals surface area contributed by atoms with E-state index in [0.717, 1.165) is 0 Å². The highest BCUT2D eigenvalue weighted by Gasteiger charge is 2.23. The van der Waals surface area contributed by atoms with Crippen molar-refractivity contribution in [2.24, 2.45) is 0 Å². The minimum Gasteiger partial charge on any atom is -0.481 e. The highest BCUT2D eigenvalue weighted by atomic mass is 16.6. The molecule has 1 rings (SSSR count). The third-order valence-electron chi connectivity index (χ3n) is 2.33. The van der Waals surface area contributed by atoms with Crippen LogP contribution in [0.3, 0.4) is 0 Å². The van der Waals surface area contributed by atoms with Crippen molar-refractivity contribution in [2.45, 2.75) is 39.3 Å². The molecule has 0 atom stereocenters. The first-order chi connectivity index (χ1) is 9.28. The molecule has 0 radical (unpaired) electrons. The predicted octanol–water partition coefficient (Wildman–Crippen LogP) is 2.29. The van der Waals surface area contributed by atoms with Crippen LogP contribution in [0.4, 0.5) is 4.79 Å². The number of aliphatic carboxylic acids is 1. The molecule has 6 nitrogen and oxygen atoms in total. The number of pyridine rings is 1. The zero-order valence-corrected chi connectivity index (χ0v) is 12.0. The zero-order valence-electron chi connectivity index (χ0n) is 12.0. The van der Waals surface area contributed by atoms with Gasteiger partial charge in [-0.3, -0.25) is 9.78 Å². The first kappa shape index (κ1) is 15.9. The molecule has 1 amide bonds. The van der Waals surface area contributed by atoms with E-state index in [1.807, 2.05) is 6.07 Å². The van der Waals surface area contributed by atoms with E-state index in [0.29, 0.717) is 5.69 Å². The third-order valence-corrected chi connectivity index (χ3v) is 2.33. The summed E-state index contributed by atoms with van der Waals surface area (Å²) in [4.78, 5) is 28.2. The van der Waals surface area contributed by atoms with Crippen LogP contribution in [0.5, 0.6) is 0 Å². The molecule has 0 saturated carbocycles. The number of nitrogens with zero attached hydrogens (tertiary/aromatic N) is 2. The number of ether oxygens (including phenoxy) is 1. The molecule has 6 heteroatoms. The van der Waals surface area contributed by atoms with Crippen molar-refractivity contribution in [3.63, 3.8) is 0 Å². The fourth-order valence-electron chi connectivity index (χ4n) is 1.48.